The smallest absolute Gasteiger partial charge is 0.331 e. The number of hydrogen-bond acceptors (Lipinski definition) is 4. The summed E-state index contributed by atoms with van der Waals surface area (Å²) in [5.41, 5.74) is 0.847. The van der Waals surface area contributed by atoms with Crippen molar-refractivity contribution in [1.82, 2.24) is 0 Å². The lowest BCUT2D eigenvalue weighted by molar-refractivity contribution is -0.148. The van der Waals surface area contributed by atoms with Crippen LogP contribution in [-0.4, -0.2) is 24.1 Å². The van der Waals surface area contributed by atoms with Crippen LogP contribution in [0.15, 0.2) is 48.6 Å². The molecule has 0 amide bonds. The molecular formula is C18H22O4. The number of esters is 2. The Morgan fingerprint density at radius 2 is 1.68 bits per heavy atom. The van der Waals surface area contributed by atoms with Gasteiger partial charge in [-0.1, -0.05) is 30.3 Å². The van der Waals surface area contributed by atoms with Crippen LogP contribution in [0.1, 0.15) is 33.3 Å². The van der Waals surface area contributed by atoms with Crippen molar-refractivity contribution in [1.29, 1.82) is 0 Å². The third kappa shape index (κ3) is 6.88. The molecule has 1 aromatic rings. The number of carbonyl (C=O) groups excluding carboxylic acids is 2. The minimum Gasteiger partial charge on any atom is -0.463 e. The lowest BCUT2D eigenvalue weighted by Gasteiger charge is -2.18. The number of hydrogen-bond donors (Lipinski definition) is 0. The van der Waals surface area contributed by atoms with E-state index in [-0.39, 0.29) is 0 Å². The highest BCUT2D eigenvalue weighted by Gasteiger charge is 2.14. The van der Waals surface area contributed by atoms with Crippen molar-refractivity contribution in [2.24, 2.45) is 0 Å². The molecule has 1 rings (SSSR count). The summed E-state index contributed by atoms with van der Waals surface area (Å²) in [7, 11) is 0. The van der Waals surface area contributed by atoms with Gasteiger partial charge in [0.05, 0.1) is 6.61 Å². The molecule has 118 valence electrons. The van der Waals surface area contributed by atoms with Crippen LogP contribution in [0.3, 0.4) is 0 Å². The van der Waals surface area contributed by atoms with Crippen LogP contribution in [0.2, 0.25) is 0 Å². The fraction of sp³-hybridized carbons (Fsp3) is 0.333. The van der Waals surface area contributed by atoms with Crippen LogP contribution in [0.5, 0.6) is 0 Å². The summed E-state index contributed by atoms with van der Waals surface area (Å²) in [5.74, 6) is -0.909. The SMILES string of the molecule is CCOC(=O)/C=C(/C=C/C(=O)OC(C)(C)C)c1ccccc1. The van der Waals surface area contributed by atoms with Gasteiger partial charge in [0.1, 0.15) is 5.60 Å². The normalized spacial score (nSPS) is 12.3. The van der Waals surface area contributed by atoms with E-state index in [1.54, 1.807) is 33.8 Å². The molecule has 0 atom stereocenters. The average molecular weight is 302 g/mol. The van der Waals surface area contributed by atoms with Crippen molar-refractivity contribution in [2.75, 3.05) is 6.61 Å². The molecule has 0 bridgehead atoms. The first-order valence-electron chi connectivity index (χ1n) is 7.17. The molecular weight excluding hydrogens is 280 g/mol. The highest BCUT2D eigenvalue weighted by molar-refractivity contribution is 5.96. The summed E-state index contributed by atoms with van der Waals surface area (Å²) < 4.78 is 10.1. The Morgan fingerprint density at radius 3 is 2.23 bits per heavy atom. The predicted molar refractivity (Wildman–Crippen MR) is 86.0 cm³/mol. The first-order chi connectivity index (χ1) is 10.3. The molecule has 0 aliphatic heterocycles. The number of benzene rings is 1. The highest BCUT2D eigenvalue weighted by atomic mass is 16.6. The molecule has 4 nitrogen and oxygen atoms in total. The Kier molecular flexibility index (Phi) is 6.57. The van der Waals surface area contributed by atoms with Crippen molar-refractivity contribution in [3.8, 4) is 0 Å². The molecule has 0 N–H and O–H groups in total. The summed E-state index contributed by atoms with van der Waals surface area (Å²) in [6.07, 6.45) is 4.23. The van der Waals surface area contributed by atoms with Crippen LogP contribution >= 0.6 is 0 Å². The zero-order chi connectivity index (χ0) is 16.6. The maximum absolute atomic E-state index is 11.8. The van der Waals surface area contributed by atoms with Crippen molar-refractivity contribution in [3.63, 3.8) is 0 Å². The van der Waals surface area contributed by atoms with E-state index in [1.807, 2.05) is 30.3 Å². The standard InChI is InChI=1S/C18H22O4/c1-5-21-17(20)13-15(14-9-7-6-8-10-14)11-12-16(19)22-18(2,3)4/h6-13H,5H2,1-4H3/b12-11+,15-13-. The van der Waals surface area contributed by atoms with Gasteiger partial charge in [0.25, 0.3) is 0 Å². The summed E-state index contributed by atoms with van der Waals surface area (Å²) in [6.45, 7) is 7.43. The van der Waals surface area contributed by atoms with Gasteiger partial charge in [-0.25, -0.2) is 9.59 Å². The molecule has 0 aliphatic rings. The maximum atomic E-state index is 11.8. The minimum atomic E-state index is -0.556. The number of carbonyl (C=O) groups is 2. The molecule has 0 aliphatic carbocycles. The molecule has 0 radical (unpaired) electrons. The summed E-state index contributed by atoms with van der Waals surface area (Å²) in [6, 6.07) is 9.29. The molecule has 1 aromatic carbocycles. The summed E-state index contributed by atoms with van der Waals surface area (Å²) in [4.78, 5) is 23.4. The Bertz CT molecular complexity index is 562. The van der Waals surface area contributed by atoms with Crippen LogP contribution in [0.4, 0.5) is 0 Å². The summed E-state index contributed by atoms with van der Waals surface area (Å²) in [5, 5.41) is 0. The van der Waals surface area contributed by atoms with Crippen LogP contribution in [-0.2, 0) is 19.1 Å². The first kappa shape index (κ1) is 17.7. The van der Waals surface area contributed by atoms with Gasteiger partial charge in [-0.05, 0) is 44.9 Å². The van der Waals surface area contributed by atoms with Crippen molar-refractivity contribution in [3.05, 3.63) is 54.1 Å². The predicted octanol–water partition coefficient (Wildman–Crippen LogP) is 3.53. The Labute approximate surface area is 131 Å². The average Bonchev–Trinajstić information content (AvgIpc) is 2.43. The van der Waals surface area contributed by atoms with E-state index in [0.29, 0.717) is 12.2 Å². The fourth-order valence-electron chi connectivity index (χ4n) is 1.66. The monoisotopic (exact) mass is 302 g/mol. The molecule has 22 heavy (non-hydrogen) atoms. The molecule has 4 heteroatoms. The van der Waals surface area contributed by atoms with Gasteiger partial charge >= 0.3 is 11.9 Å². The molecule has 0 saturated carbocycles. The van der Waals surface area contributed by atoms with E-state index in [1.165, 1.54) is 12.2 Å². The van der Waals surface area contributed by atoms with Gasteiger partial charge < -0.3 is 9.47 Å². The minimum absolute atomic E-state index is 0.299. The molecule has 0 aromatic heterocycles. The van der Waals surface area contributed by atoms with Crippen LogP contribution in [0, 0.1) is 0 Å². The Morgan fingerprint density at radius 1 is 1.05 bits per heavy atom. The Hall–Kier alpha value is -2.36. The maximum Gasteiger partial charge on any atom is 0.331 e. The zero-order valence-electron chi connectivity index (χ0n) is 13.5. The van der Waals surface area contributed by atoms with E-state index in [9.17, 15) is 9.59 Å². The van der Waals surface area contributed by atoms with Crippen molar-refractivity contribution < 1.29 is 19.1 Å². The fourth-order valence-corrected chi connectivity index (χ4v) is 1.66. The van der Waals surface area contributed by atoms with Crippen LogP contribution in [0.25, 0.3) is 5.57 Å². The van der Waals surface area contributed by atoms with Gasteiger partial charge in [0.15, 0.2) is 0 Å². The van der Waals surface area contributed by atoms with E-state index in [4.69, 9.17) is 9.47 Å². The third-order valence-corrected chi connectivity index (χ3v) is 2.47. The number of ether oxygens (including phenoxy) is 2. The molecule has 0 fully saturated rings. The van der Waals surface area contributed by atoms with Crippen molar-refractivity contribution in [2.45, 2.75) is 33.3 Å². The second-order valence-corrected chi connectivity index (χ2v) is 5.58. The van der Waals surface area contributed by atoms with Gasteiger partial charge in [-0.2, -0.15) is 0 Å². The second kappa shape index (κ2) is 8.17. The van der Waals surface area contributed by atoms with E-state index in [0.717, 1.165) is 5.56 Å². The molecule has 0 heterocycles. The molecule has 0 unspecified atom stereocenters. The second-order valence-electron chi connectivity index (χ2n) is 5.58. The molecule has 0 spiro atoms. The van der Waals surface area contributed by atoms with Crippen LogP contribution < -0.4 is 0 Å². The molecule has 0 saturated heterocycles. The highest BCUT2D eigenvalue weighted by Crippen LogP contribution is 2.16. The quantitative estimate of drug-likeness (QED) is 0.474. The topological polar surface area (TPSA) is 52.6 Å². The van der Waals surface area contributed by atoms with Crippen molar-refractivity contribution >= 4 is 17.5 Å². The first-order valence-corrected chi connectivity index (χ1v) is 7.17. The van der Waals surface area contributed by atoms with E-state index >= 15 is 0 Å². The number of rotatable bonds is 5. The number of allylic oxidation sites excluding steroid dienone is 2. The van der Waals surface area contributed by atoms with Gasteiger partial charge in [-0.3, -0.25) is 0 Å². The lowest BCUT2D eigenvalue weighted by Crippen LogP contribution is -2.22. The van der Waals surface area contributed by atoms with Gasteiger partial charge in [-0.15, -0.1) is 0 Å². The zero-order valence-corrected chi connectivity index (χ0v) is 13.5. The Balaban J connectivity index is 2.97. The largest absolute Gasteiger partial charge is 0.463 e. The lowest BCUT2D eigenvalue weighted by atomic mass is 10.1. The van der Waals surface area contributed by atoms with E-state index in [2.05, 4.69) is 0 Å². The van der Waals surface area contributed by atoms with Gasteiger partial charge in [0, 0.05) is 12.2 Å². The summed E-state index contributed by atoms with van der Waals surface area (Å²) >= 11 is 0. The third-order valence-electron chi connectivity index (χ3n) is 2.47. The van der Waals surface area contributed by atoms with E-state index < -0.39 is 17.5 Å². The van der Waals surface area contributed by atoms with Gasteiger partial charge in [0.2, 0.25) is 0 Å².